The van der Waals surface area contributed by atoms with Crippen LogP contribution in [0, 0.1) is 0 Å². The SMILES string of the molecule is O=C(c1n[nH]c2c1CCN(Cc1cccnc1)C2)N1CCOCC1. The number of aromatic amines is 1. The highest BCUT2D eigenvalue weighted by atomic mass is 16.5. The number of pyridine rings is 1. The van der Waals surface area contributed by atoms with Gasteiger partial charge in [0.15, 0.2) is 5.69 Å². The molecule has 4 heterocycles. The van der Waals surface area contributed by atoms with Gasteiger partial charge < -0.3 is 9.64 Å². The Morgan fingerprint density at radius 1 is 1.29 bits per heavy atom. The van der Waals surface area contributed by atoms with Crippen LogP contribution in [0.2, 0.25) is 0 Å². The number of morpholine rings is 1. The molecule has 7 nitrogen and oxygen atoms in total. The molecule has 7 heteroatoms. The molecule has 2 aliphatic rings. The van der Waals surface area contributed by atoms with Crippen LogP contribution >= 0.6 is 0 Å². The normalized spacial score (nSPS) is 18.4. The number of carbonyl (C=O) groups excluding carboxylic acids is 1. The fourth-order valence-electron chi connectivity index (χ4n) is 3.35. The molecule has 0 unspecified atom stereocenters. The van der Waals surface area contributed by atoms with Crippen LogP contribution in [0.4, 0.5) is 0 Å². The van der Waals surface area contributed by atoms with E-state index in [1.165, 1.54) is 5.56 Å². The number of nitrogens with zero attached hydrogens (tertiary/aromatic N) is 4. The molecule has 0 bridgehead atoms. The van der Waals surface area contributed by atoms with Crippen LogP contribution in [0.5, 0.6) is 0 Å². The zero-order valence-corrected chi connectivity index (χ0v) is 13.6. The second-order valence-corrected chi connectivity index (χ2v) is 6.26. The highest BCUT2D eigenvalue weighted by Gasteiger charge is 2.28. The first-order valence-electron chi connectivity index (χ1n) is 8.35. The molecule has 1 fully saturated rings. The summed E-state index contributed by atoms with van der Waals surface area (Å²) in [6.45, 7) is 5.08. The van der Waals surface area contributed by atoms with Gasteiger partial charge in [-0.1, -0.05) is 6.07 Å². The molecule has 24 heavy (non-hydrogen) atoms. The third-order valence-electron chi connectivity index (χ3n) is 4.64. The lowest BCUT2D eigenvalue weighted by Gasteiger charge is -2.28. The number of rotatable bonds is 3. The van der Waals surface area contributed by atoms with Crippen molar-refractivity contribution in [3.8, 4) is 0 Å². The summed E-state index contributed by atoms with van der Waals surface area (Å²) in [5.74, 6) is 0.0245. The van der Waals surface area contributed by atoms with E-state index in [9.17, 15) is 4.79 Å². The van der Waals surface area contributed by atoms with E-state index in [-0.39, 0.29) is 5.91 Å². The van der Waals surface area contributed by atoms with Gasteiger partial charge in [0.2, 0.25) is 0 Å². The summed E-state index contributed by atoms with van der Waals surface area (Å²) in [4.78, 5) is 21.0. The lowest BCUT2D eigenvalue weighted by molar-refractivity contribution is 0.0298. The molecule has 2 aliphatic heterocycles. The van der Waals surface area contributed by atoms with Crippen molar-refractivity contribution in [2.24, 2.45) is 0 Å². The number of fused-ring (bicyclic) bond motifs is 1. The molecule has 0 aromatic carbocycles. The number of hydrogen-bond donors (Lipinski definition) is 1. The highest BCUT2D eigenvalue weighted by Crippen LogP contribution is 2.22. The molecule has 4 rings (SSSR count). The maximum atomic E-state index is 12.7. The molecule has 0 aliphatic carbocycles. The Balaban J connectivity index is 1.46. The largest absolute Gasteiger partial charge is 0.378 e. The Labute approximate surface area is 140 Å². The number of amides is 1. The van der Waals surface area contributed by atoms with E-state index in [4.69, 9.17) is 4.74 Å². The first kappa shape index (κ1) is 15.3. The summed E-state index contributed by atoms with van der Waals surface area (Å²) in [6.07, 6.45) is 4.53. The molecular weight excluding hydrogens is 306 g/mol. The van der Waals surface area contributed by atoms with Gasteiger partial charge in [0.25, 0.3) is 5.91 Å². The van der Waals surface area contributed by atoms with Gasteiger partial charge in [0.1, 0.15) is 0 Å². The monoisotopic (exact) mass is 327 g/mol. The fraction of sp³-hybridized carbons (Fsp3) is 0.471. The van der Waals surface area contributed by atoms with E-state index in [0.717, 1.165) is 37.3 Å². The van der Waals surface area contributed by atoms with Crippen molar-refractivity contribution in [2.75, 3.05) is 32.8 Å². The minimum absolute atomic E-state index is 0.0245. The van der Waals surface area contributed by atoms with Gasteiger partial charge >= 0.3 is 0 Å². The molecule has 1 N–H and O–H groups in total. The predicted octanol–water partition coefficient (Wildman–Crippen LogP) is 0.835. The molecule has 0 radical (unpaired) electrons. The molecule has 2 aromatic rings. The van der Waals surface area contributed by atoms with E-state index < -0.39 is 0 Å². The van der Waals surface area contributed by atoms with Gasteiger partial charge in [-0.3, -0.25) is 19.8 Å². The van der Waals surface area contributed by atoms with Crippen molar-refractivity contribution in [1.29, 1.82) is 0 Å². The Kier molecular flexibility index (Phi) is 4.27. The lowest BCUT2D eigenvalue weighted by Crippen LogP contribution is -2.41. The number of carbonyl (C=O) groups is 1. The average molecular weight is 327 g/mol. The molecular formula is C17H21N5O2. The van der Waals surface area contributed by atoms with Crippen molar-refractivity contribution in [1.82, 2.24) is 25.0 Å². The van der Waals surface area contributed by atoms with Gasteiger partial charge in [0.05, 0.1) is 18.9 Å². The molecule has 1 amide bonds. The Hall–Kier alpha value is -2.25. The third-order valence-corrected chi connectivity index (χ3v) is 4.64. The maximum Gasteiger partial charge on any atom is 0.274 e. The summed E-state index contributed by atoms with van der Waals surface area (Å²) in [5, 5.41) is 7.39. The third kappa shape index (κ3) is 3.05. The van der Waals surface area contributed by atoms with E-state index >= 15 is 0 Å². The maximum absolute atomic E-state index is 12.7. The van der Waals surface area contributed by atoms with Crippen LogP contribution in [0.3, 0.4) is 0 Å². The first-order chi connectivity index (χ1) is 11.8. The number of aromatic nitrogens is 3. The minimum atomic E-state index is 0.0245. The van der Waals surface area contributed by atoms with E-state index in [1.807, 2.05) is 17.2 Å². The molecule has 126 valence electrons. The Morgan fingerprint density at radius 2 is 2.17 bits per heavy atom. The summed E-state index contributed by atoms with van der Waals surface area (Å²) in [6, 6.07) is 4.04. The molecule has 0 saturated carbocycles. The van der Waals surface area contributed by atoms with Crippen molar-refractivity contribution >= 4 is 5.91 Å². The van der Waals surface area contributed by atoms with Crippen LogP contribution in [0.1, 0.15) is 27.3 Å². The van der Waals surface area contributed by atoms with Crippen LogP contribution in [-0.2, 0) is 24.2 Å². The van der Waals surface area contributed by atoms with Gasteiger partial charge in [-0.2, -0.15) is 5.10 Å². The predicted molar refractivity (Wildman–Crippen MR) is 87.4 cm³/mol. The van der Waals surface area contributed by atoms with E-state index in [0.29, 0.717) is 32.0 Å². The zero-order valence-electron chi connectivity index (χ0n) is 13.6. The van der Waals surface area contributed by atoms with Crippen molar-refractivity contribution in [3.63, 3.8) is 0 Å². The smallest absolute Gasteiger partial charge is 0.274 e. The minimum Gasteiger partial charge on any atom is -0.378 e. The lowest BCUT2D eigenvalue weighted by atomic mass is 10.0. The van der Waals surface area contributed by atoms with Crippen molar-refractivity contribution in [2.45, 2.75) is 19.5 Å². The standard InChI is InChI=1S/C17H21N5O2/c23-17(22-6-8-24-9-7-22)16-14-3-5-21(12-15(14)19-20-16)11-13-2-1-4-18-10-13/h1-2,4,10H,3,5-9,11-12H2,(H,19,20). The topological polar surface area (TPSA) is 74.4 Å². The summed E-state index contributed by atoms with van der Waals surface area (Å²) in [5.41, 5.74) is 3.92. The van der Waals surface area contributed by atoms with E-state index in [1.54, 1.807) is 6.20 Å². The fourth-order valence-corrected chi connectivity index (χ4v) is 3.35. The second kappa shape index (κ2) is 6.70. The second-order valence-electron chi connectivity index (χ2n) is 6.26. The Bertz CT molecular complexity index is 709. The number of nitrogens with one attached hydrogen (secondary N) is 1. The van der Waals surface area contributed by atoms with Gasteiger partial charge in [-0.05, 0) is 18.1 Å². The van der Waals surface area contributed by atoms with Crippen molar-refractivity contribution < 1.29 is 9.53 Å². The summed E-state index contributed by atoms with van der Waals surface area (Å²) >= 11 is 0. The number of ether oxygens (including phenoxy) is 1. The van der Waals surface area contributed by atoms with Gasteiger partial charge in [-0.15, -0.1) is 0 Å². The zero-order chi connectivity index (χ0) is 16.4. The number of H-pyrrole nitrogens is 1. The van der Waals surface area contributed by atoms with Crippen LogP contribution < -0.4 is 0 Å². The molecule has 0 atom stereocenters. The summed E-state index contributed by atoms with van der Waals surface area (Å²) < 4.78 is 5.32. The first-order valence-corrected chi connectivity index (χ1v) is 8.35. The highest BCUT2D eigenvalue weighted by molar-refractivity contribution is 5.94. The number of hydrogen-bond acceptors (Lipinski definition) is 5. The Morgan fingerprint density at radius 3 is 2.96 bits per heavy atom. The van der Waals surface area contributed by atoms with Crippen LogP contribution in [0.15, 0.2) is 24.5 Å². The molecule has 1 saturated heterocycles. The van der Waals surface area contributed by atoms with Crippen molar-refractivity contribution in [3.05, 3.63) is 47.0 Å². The van der Waals surface area contributed by atoms with Crippen LogP contribution in [0.25, 0.3) is 0 Å². The molecule has 2 aromatic heterocycles. The van der Waals surface area contributed by atoms with Gasteiger partial charge in [0, 0.05) is 50.7 Å². The summed E-state index contributed by atoms with van der Waals surface area (Å²) in [7, 11) is 0. The average Bonchev–Trinajstić information content (AvgIpc) is 3.06. The quantitative estimate of drug-likeness (QED) is 0.904. The molecule has 0 spiro atoms. The van der Waals surface area contributed by atoms with Gasteiger partial charge in [-0.25, -0.2) is 0 Å². The van der Waals surface area contributed by atoms with E-state index in [2.05, 4.69) is 26.1 Å². The van der Waals surface area contributed by atoms with Crippen LogP contribution in [-0.4, -0.2) is 63.7 Å².